The van der Waals surface area contributed by atoms with Crippen molar-refractivity contribution in [3.8, 4) is 5.75 Å². The number of carbonyl (C=O) groups is 1. The fraction of sp³-hybridized carbons (Fsp3) is 0.125. The van der Waals surface area contributed by atoms with Crippen LogP contribution in [0.25, 0.3) is 0 Å². The van der Waals surface area contributed by atoms with Gasteiger partial charge in [0.25, 0.3) is 5.91 Å². The Balaban J connectivity index is 0.00000144. The van der Waals surface area contributed by atoms with E-state index in [2.05, 4.69) is 0 Å². The number of halogens is 1. The molecule has 72 valence electrons. The number of rotatable bonds is 2. The van der Waals surface area contributed by atoms with Gasteiger partial charge in [0.05, 0.1) is 12.7 Å². The molecule has 0 unspecified atom stereocenters. The number of nitrogens with one attached hydrogen (secondary N) is 1. The molecule has 5 heteroatoms. The molecule has 1 rings (SSSR count). The molecule has 0 spiro atoms. The molecule has 0 radical (unpaired) electrons. The molecule has 1 amide bonds. The van der Waals surface area contributed by atoms with Crippen molar-refractivity contribution in [2.75, 3.05) is 7.11 Å². The Labute approximate surface area is 81.9 Å². The highest BCUT2D eigenvalue weighted by Crippen LogP contribution is 2.16. The SMILES string of the molecule is COc1ccccc1C(=O)NO.Cl. The minimum absolute atomic E-state index is 0. The van der Waals surface area contributed by atoms with Crippen LogP contribution in [-0.2, 0) is 0 Å². The summed E-state index contributed by atoms with van der Waals surface area (Å²) in [5, 5.41) is 8.35. The number of methoxy groups -OCH3 is 1. The summed E-state index contributed by atoms with van der Waals surface area (Å²) >= 11 is 0. The molecule has 4 nitrogen and oxygen atoms in total. The van der Waals surface area contributed by atoms with Crippen LogP contribution in [0.4, 0.5) is 0 Å². The van der Waals surface area contributed by atoms with Crippen LogP contribution in [0.2, 0.25) is 0 Å². The highest BCUT2D eigenvalue weighted by atomic mass is 35.5. The van der Waals surface area contributed by atoms with E-state index in [0.717, 1.165) is 0 Å². The second kappa shape index (κ2) is 5.40. The highest BCUT2D eigenvalue weighted by molar-refractivity contribution is 5.96. The van der Waals surface area contributed by atoms with Crippen molar-refractivity contribution < 1.29 is 14.7 Å². The van der Waals surface area contributed by atoms with Gasteiger partial charge in [0.2, 0.25) is 0 Å². The Bertz CT molecular complexity index is 290. The summed E-state index contributed by atoms with van der Waals surface area (Å²) in [4.78, 5) is 11.0. The van der Waals surface area contributed by atoms with Crippen LogP contribution in [0.15, 0.2) is 24.3 Å². The summed E-state index contributed by atoms with van der Waals surface area (Å²) in [5.41, 5.74) is 1.84. The molecule has 0 aliphatic heterocycles. The van der Waals surface area contributed by atoms with Crippen LogP contribution in [-0.4, -0.2) is 18.2 Å². The van der Waals surface area contributed by atoms with Gasteiger partial charge in [0.1, 0.15) is 5.75 Å². The minimum atomic E-state index is -0.576. The molecule has 0 aromatic heterocycles. The Morgan fingerprint density at radius 3 is 2.62 bits per heavy atom. The van der Waals surface area contributed by atoms with E-state index in [-0.39, 0.29) is 12.4 Å². The molecule has 2 N–H and O–H groups in total. The third kappa shape index (κ3) is 2.61. The minimum Gasteiger partial charge on any atom is -0.496 e. The lowest BCUT2D eigenvalue weighted by atomic mass is 10.2. The summed E-state index contributed by atoms with van der Waals surface area (Å²) in [6.07, 6.45) is 0. The third-order valence-corrected chi connectivity index (χ3v) is 1.45. The van der Waals surface area contributed by atoms with Crippen LogP contribution in [0.1, 0.15) is 10.4 Å². The van der Waals surface area contributed by atoms with Gasteiger partial charge in [-0.25, -0.2) is 5.48 Å². The van der Waals surface area contributed by atoms with Crippen LogP contribution in [0.3, 0.4) is 0 Å². The quantitative estimate of drug-likeness (QED) is 0.562. The van der Waals surface area contributed by atoms with Gasteiger partial charge in [0, 0.05) is 0 Å². The fourth-order valence-corrected chi connectivity index (χ4v) is 0.892. The van der Waals surface area contributed by atoms with Crippen molar-refractivity contribution in [1.29, 1.82) is 0 Å². The van der Waals surface area contributed by atoms with Crippen LogP contribution in [0, 0.1) is 0 Å². The van der Waals surface area contributed by atoms with Gasteiger partial charge in [-0.3, -0.25) is 10.0 Å². The van der Waals surface area contributed by atoms with E-state index in [4.69, 9.17) is 9.94 Å². The molecule has 0 atom stereocenters. The number of ether oxygens (including phenoxy) is 1. The average molecular weight is 204 g/mol. The zero-order valence-corrected chi connectivity index (χ0v) is 7.80. The predicted octanol–water partition coefficient (Wildman–Crippen LogP) is 1.24. The summed E-state index contributed by atoms with van der Waals surface area (Å²) in [6.45, 7) is 0. The third-order valence-electron chi connectivity index (χ3n) is 1.45. The Kier molecular flexibility index (Phi) is 4.87. The maximum atomic E-state index is 11.0. The van der Waals surface area contributed by atoms with E-state index in [9.17, 15) is 4.79 Å². The molecule has 0 fully saturated rings. The lowest BCUT2D eigenvalue weighted by molar-refractivity contribution is 0.0703. The summed E-state index contributed by atoms with van der Waals surface area (Å²) in [5.74, 6) is -0.142. The Morgan fingerprint density at radius 2 is 2.08 bits per heavy atom. The van der Waals surface area contributed by atoms with Gasteiger partial charge in [-0.05, 0) is 12.1 Å². The van der Waals surface area contributed by atoms with Gasteiger partial charge in [-0.2, -0.15) is 0 Å². The number of amides is 1. The predicted molar refractivity (Wildman–Crippen MR) is 49.5 cm³/mol. The molecule has 0 bridgehead atoms. The summed E-state index contributed by atoms with van der Waals surface area (Å²) in [6, 6.07) is 6.63. The zero-order chi connectivity index (χ0) is 8.97. The van der Waals surface area contributed by atoms with Gasteiger partial charge in [-0.1, -0.05) is 12.1 Å². The normalized spacial score (nSPS) is 8.46. The van der Waals surface area contributed by atoms with Crippen molar-refractivity contribution in [2.24, 2.45) is 0 Å². The van der Waals surface area contributed by atoms with Crippen molar-refractivity contribution >= 4 is 18.3 Å². The van der Waals surface area contributed by atoms with E-state index in [1.807, 2.05) is 0 Å². The topological polar surface area (TPSA) is 58.6 Å². The summed E-state index contributed by atoms with van der Waals surface area (Å²) < 4.78 is 4.90. The first-order valence-electron chi connectivity index (χ1n) is 3.37. The lowest BCUT2D eigenvalue weighted by Crippen LogP contribution is -2.19. The van der Waals surface area contributed by atoms with Gasteiger partial charge in [0.15, 0.2) is 0 Å². The maximum Gasteiger partial charge on any atom is 0.278 e. The van der Waals surface area contributed by atoms with Crippen LogP contribution < -0.4 is 10.2 Å². The monoisotopic (exact) mass is 203 g/mol. The molecule has 0 aliphatic rings. The zero-order valence-electron chi connectivity index (χ0n) is 6.98. The van der Waals surface area contributed by atoms with E-state index in [1.165, 1.54) is 12.6 Å². The maximum absolute atomic E-state index is 11.0. The second-order valence-electron chi connectivity index (χ2n) is 2.14. The Morgan fingerprint density at radius 1 is 1.46 bits per heavy atom. The molecule has 13 heavy (non-hydrogen) atoms. The van der Waals surface area contributed by atoms with Crippen molar-refractivity contribution in [3.63, 3.8) is 0 Å². The number of benzene rings is 1. The van der Waals surface area contributed by atoms with E-state index in [1.54, 1.807) is 24.3 Å². The lowest BCUT2D eigenvalue weighted by Gasteiger charge is -2.04. The van der Waals surface area contributed by atoms with Crippen LogP contribution in [0.5, 0.6) is 5.75 Å². The molecular formula is C8H10ClNO3. The first-order valence-corrected chi connectivity index (χ1v) is 3.37. The van der Waals surface area contributed by atoms with E-state index >= 15 is 0 Å². The average Bonchev–Trinajstić information content (AvgIpc) is 2.16. The number of hydroxylamine groups is 1. The molecular weight excluding hydrogens is 194 g/mol. The first kappa shape index (κ1) is 11.7. The number of para-hydroxylation sites is 1. The largest absolute Gasteiger partial charge is 0.496 e. The van der Waals surface area contributed by atoms with Gasteiger partial charge < -0.3 is 4.74 Å². The second-order valence-corrected chi connectivity index (χ2v) is 2.14. The number of hydrogen-bond donors (Lipinski definition) is 2. The molecule has 1 aromatic carbocycles. The fourth-order valence-electron chi connectivity index (χ4n) is 0.892. The Hall–Kier alpha value is -1.26. The smallest absolute Gasteiger partial charge is 0.278 e. The van der Waals surface area contributed by atoms with Crippen LogP contribution >= 0.6 is 12.4 Å². The standard InChI is InChI=1S/C8H9NO3.ClH/c1-12-7-5-3-2-4-6(7)8(10)9-11;/h2-5,11H,1H3,(H,9,10);1H. The van der Waals surface area contributed by atoms with E-state index in [0.29, 0.717) is 11.3 Å². The highest BCUT2D eigenvalue weighted by Gasteiger charge is 2.08. The van der Waals surface area contributed by atoms with Gasteiger partial charge >= 0.3 is 0 Å². The van der Waals surface area contributed by atoms with Crippen molar-refractivity contribution in [3.05, 3.63) is 29.8 Å². The molecule has 0 saturated carbocycles. The molecule has 0 heterocycles. The number of carbonyl (C=O) groups excluding carboxylic acids is 1. The first-order chi connectivity index (χ1) is 5.79. The van der Waals surface area contributed by atoms with Crippen molar-refractivity contribution in [1.82, 2.24) is 5.48 Å². The molecule has 0 saturated heterocycles. The van der Waals surface area contributed by atoms with Crippen molar-refractivity contribution in [2.45, 2.75) is 0 Å². The van der Waals surface area contributed by atoms with E-state index < -0.39 is 5.91 Å². The molecule has 1 aromatic rings. The molecule has 0 aliphatic carbocycles. The summed E-state index contributed by atoms with van der Waals surface area (Å²) in [7, 11) is 1.46. The van der Waals surface area contributed by atoms with Gasteiger partial charge in [-0.15, -0.1) is 12.4 Å². The number of hydrogen-bond acceptors (Lipinski definition) is 3.